The molecule has 39 heavy (non-hydrogen) atoms. The van der Waals surface area contributed by atoms with Gasteiger partial charge in [0.1, 0.15) is 27.8 Å². The van der Waals surface area contributed by atoms with Gasteiger partial charge >= 0.3 is 0 Å². The molecule has 8 nitrogen and oxygen atoms in total. The maximum Gasteiger partial charge on any atom is 0.246 e. The normalized spacial score (nSPS) is 14.9. The van der Waals surface area contributed by atoms with Crippen LogP contribution >= 0.6 is 11.3 Å². The van der Waals surface area contributed by atoms with Crippen LogP contribution in [0.3, 0.4) is 0 Å². The van der Waals surface area contributed by atoms with E-state index in [-0.39, 0.29) is 38.4 Å². The fourth-order valence-corrected chi connectivity index (χ4v) is 7.10. The number of piperidine rings is 1. The van der Waals surface area contributed by atoms with Gasteiger partial charge in [0.05, 0.1) is 23.5 Å². The van der Waals surface area contributed by atoms with E-state index in [4.69, 9.17) is 9.72 Å². The summed E-state index contributed by atoms with van der Waals surface area (Å²) in [5.41, 5.74) is 1.34. The number of anilines is 1. The number of halogens is 2. The van der Waals surface area contributed by atoms with Gasteiger partial charge in [-0.3, -0.25) is 14.7 Å². The second-order valence-corrected chi connectivity index (χ2v) is 11.9. The Hall–Kier alpha value is -3.48. The molecule has 0 atom stereocenters. The van der Waals surface area contributed by atoms with Crippen LogP contribution in [0.5, 0.6) is 5.75 Å². The number of ether oxygens (including phenoxy) is 1. The topological polar surface area (TPSA) is 92.7 Å². The molecule has 1 aliphatic rings. The number of para-hydroxylation sites is 1. The van der Waals surface area contributed by atoms with Gasteiger partial charge in [-0.05, 0) is 62.2 Å². The first-order chi connectivity index (χ1) is 18.8. The Morgan fingerprint density at radius 2 is 1.92 bits per heavy atom. The van der Waals surface area contributed by atoms with E-state index in [0.29, 0.717) is 34.8 Å². The molecule has 0 spiro atoms. The second-order valence-electron chi connectivity index (χ2n) is 9.03. The second kappa shape index (κ2) is 11.3. The summed E-state index contributed by atoms with van der Waals surface area (Å²) in [5, 5.41) is 0.490. The SMILES string of the molecule is CCOc1cccc2sc(N(Cc3ccccn3)C(=O)C3CCN(S(=O)(=O)c4cc(F)ccc4F)CC3)nc12. The van der Waals surface area contributed by atoms with E-state index >= 15 is 0 Å². The molecular weight excluding hydrogens is 546 g/mol. The summed E-state index contributed by atoms with van der Waals surface area (Å²) in [6.45, 7) is 2.55. The molecule has 0 N–H and O–H groups in total. The van der Waals surface area contributed by atoms with Crippen molar-refractivity contribution in [3.63, 3.8) is 0 Å². The Bertz CT molecular complexity index is 1590. The van der Waals surface area contributed by atoms with Crippen LogP contribution in [0, 0.1) is 17.6 Å². The van der Waals surface area contributed by atoms with Crippen molar-refractivity contribution < 1.29 is 26.7 Å². The molecule has 2 aromatic carbocycles. The molecule has 2 aromatic heterocycles. The summed E-state index contributed by atoms with van der Waals surface area (Å²) in [4.78, 5) is 23.9. The minimum atomic E-state index is -4.25. The minimum Gasteiger partial charge on any atom is -0.492 e. The zero-order chi connectivity index (χ0) is 27.6. The highest BCUT2D eigenvalue weighted by Crippen LogP contribution is 2.36. The molecule has 12 heteroatoms. The molecule has 204 valence electrons. The van der Waals surface area contributed by atoms with Crippen molar-refractivity contribution in [1.29, 1.82) is 0 Å². The summed E-state index contributed by atoms with van der Waals surface area (Å²) in [6.07, 6.45) is 2.10. The number of nitrogens with zero attached hydrogens (tertiary/aromatic N) is 4. The number of aromatic nitrogens is 2. The van der Waals surface area contributed by atoms with Crippen molar-refractivity contribution in [3.8, 4) is 5.75 Å². The third-order valence-electron chi connectivity index (χ3n) is 6.53. The van der Waals surface area contributed by atoms with Crippen LogP contribution in [0.1, 0.15) is 25.5 Å². The number of hydrogen-bond donors (Lipinski definition) is 0. The molecule has 1 amide bonds. The highest BCUT2D eigenvalue weighted by molar-refractivity contribution is 7.89. The fourth-order valence-electron chi connectivity index (χ4n) is 4.57. The van der Waals surface area contributed by atoms with Gasteiger partial charge in [0.2, 0.25) is 15.9 Å². The Balaban J connectivity index is 1.40. The number of hydrogen-bond acceptors (Lipinski definition) is 7. The maximum atomic E-state index is 14.2. The molecule has 1 saturated heterocycles. The Morgan fingerprint density at radius 1 is 1.13 bits per heavy atom. The number of sulfonamides is 1. The van der Waals surface area contributed by atoms with Gasteiger partial charge < -0.3 is 4.74 Å². The van der Waals surface area contributed by atoms with E-state index in [0.717, 1.165) is 21.1 Å². The molecule has 1 aliphatic heterocycles. The van der Waals surface area contributed by atoms with Crippen LogP contribution in [-0.2, 0) is 21.4 Å². The minimum absolute atomic E-state index is 0.000449. The molecule has 3 heterocycles. The lowest BCUT2D eigenvalue weighted by Crippen LogP contribution is -2.44. The number of fused-ring (bicyclic) bond motifs is 1. The third-order valence-corrected chi connectivity index (χ3v) is 9.49. The van der Waals surface area contributed by atoms with Crippen LogP contribution in [0.4, 0.5) is 13.9 Å². The lowest BCUT2D eigenvalue weighted by atomic mass is 9.96. The lowest BCUT2D eigenvalue weighted by Gasteiger charge is -2.33. The number of carbonyl (C=O) groups excluding carboxylic acids is 1. The van der Waals surface area contributed by atoms with Crippen LogP contribution in [-0.4, -0.2) is 48.3 Å². The molecule has 1 fully saturated rings. The number of amides is 1. The van der Waals surface area contributed by atoms with Crippen molar-refractivity contribution in [2.75, 3.05) is 24.6 Å². The van der Waals surface area contributed by atoms with Gasteiger partial charge in [0, 0.05) is 25.2 Å². The maximum absolute atomic E-state index is 14.2. The van der Waals surface area contributed by atoms with Crippen LogP contribution in [0.2, 0.25) is 0 Å². The van der Waals surface area contributed by atoms with Gasteiger partial charge in [-0.25, -0.2) is 22.2 Å². The van der Waals surface area contributed by atoms with Gasteiger partial charge in [-0.15, -0.1) is 0 Å². The van der Waals surface area contributed by atoms with Crippen molar-refractivity contribution in [2.24, 2.45) is 5.92 Å². The molecular formula is C27H26F2N4O4S2. The number of pyridine rings is 1. The Labute approximate surface area is 228 Å². The number of carbonyl (C=O) groups is 1. The van der Waals surface area contributed by atoms with E-state index in [1.54, 1.807) is 17.2 Å². The average molecular weight is 573 g/mol. The van der Waals surface area contributed by atoms with E-state index < -0.39 is 32.5 Å². The predicted octanol–water partition coefficient (Wildman–Crippen LogP) is 5.00. The summed E-state index contributed by atoms with van der Waals surface area (Å²) in [5.74, 6) is -1.92. The quantitative estimate of drug-likeness (QED) is 0.295. The molecule has 5 rings (SSSR count). The first kappa shape index (κ1) is 27.1. The van der Waals surface area contributed by atoms with E-state index in [9.17, 15) is 22.0 Å². The number of rotatable bonds is 8. The monoisotopic (exact) mass is 572 g/mol. The molecule has 0 radical (unpaired) electrons. The van der Waals surface area contributed by atoms with Gasteiger partial charge in [-0.1, -0.05) is 23.5 Å². The van der Waals surface area contributed by atoms with Crippen molar-refractivity contribution in [3.05, 3.63) is 78.1 Å². The summed E-state index contributed by atoms with van der Waals surface area (Å²) < 4.78 is 61.6. The summed E-state index contributed by atoms with van der Waals surface area (Å²) in [6, 6.07) is 13.4. The third kappa shape index (κ3) is 5.63. The Morgan fingerprint density at radius 3 is 2.64 bits per heavy atom. The zero-order valence-corrected chi connectivity index (χ0v) is 22.7. The van der Waals surface area contributed by atoms with Crippen molar-refractivity contribution in [1.82, 2.24) is 14.3 Å². The highest BCUT2D eigenvalue weighted by atomic mass is 32.2. The molecule has 0 bridgehead atoms. The number of benzene rings is 2. The van der Waals surface area contributed by atoms with E-state index in [1.165, 1.54) is 11.3 Å². The summed E-state index contributed by atoms with van der Waals surface area (Å²) >= 11 is 1.36. The summed E-state index contributed by atoms with van der Waals surface area (Å²) in [7, 11) is -4.25. The zero-order valence-electron chi connectivity index (χ0n) is 21.1. The first-order valence-electron chi connectivity index (χ1n) is 12.5. The van der Waals surface area contributed by atoms with Crippen molar-refractivity contribution in [2.45, 2.75) is 31.2 Å². The van der Waals surface area contributed by atoms with Gasteiger partial charge in [0.15, 0.2) is 5.13 Å². The lowest BCUT2D eigenvalue weighted by molar-refractivity contribution is -0.123. The fraction of sp³-hybridized carbons (Fsp3) is 0.296. The molecule has 0 saturated carbocycles. The molecule has 0 aliphatic carbocycles. The van der Waals surface area contributed by atoms with Gasteiger partial charge in [-0.2, -0.15) is 4.31 Å². The van der Waals surface area contributed by atoms with E-state index in [1.807, 2.05) is 37.3 Å². The van der Waals surface area contributed by atoms with E-state index in [2.05, 4.69) is 4.98 Å². The highest BCUT2D eigenvalue weighted by Gasteiger charge is 2.36. The van der Waals surface area contributed by atoms with Crippen LogP contribution in [0.25, 0.3) is 10.2 Å². The number of thiazole rings is 1. The van der Waals surface area contributed by atoms with Crippen LogP contribution in [0.15, 0.2) is 65.7 Å². The van der Waals surface area contributed by atoms with Crippen LogP contribution < -0.4 is 9.64 Å². The van der Waals surface area contributed by atoms with Crippen molar-refractivity contribution >= 4 is 42.6 Å². The standard InChI is InChI=1S/C27H26F2N4O4S2/c1-2-37-22-7-5-8-23-25(22)31-27(38-23)33(17-20-6-3-4-13-30-20)26(34)18-11-14-32(15-12-18)39(35,36)24-16-19(28)9-10-21(24)29/h3-10,13,16,18H,2,11-12,14-15,17H2,1H3. The predicted molar refractivity (Wildman–Crippen MR) is 144 cm³/mol. The molecule has 4 aromatic rings. The first-order valence-corrected chi connectivity index (χ1v) is 14.7. The largest absolute Gasteiger partial charge is 0.492 e. The Kier molecular flexibility index (Phi) is 7.87. The molecule has 0 unspecified atom stereocenters. The van der Waals surface area contributed by atoms with Gasteiger partial charge in [0.25, 0.3) is 0 Å². The average Bonchev–Trinajstić information content (AvgIpc) is 3.38. The smallest absolute Gasteiger partial charge is 0.246 e.